The zero-order valence-electron chi connectivity index (χ0n) is 18.3. The number of likely N-dealkylation sites (tertiary alicyclic amines) is 1. The summed E-state index contributed by atoms with van der Waals surface area (Å²) < 4.78 is 28.1. The van der Waals surface area contributed by atoms with Gasteiger partial charge >= 0.3 is 0 Å². The lowest BCUT2D eigenvalue weighted by Gasteiger charge is -2.15. The van der Waals surface area contributed by atoms with Crippen LogP contribution in [0.1, 0.15) is 39.1 Å². The predicted octanol–water partition coefficient (Wildman–Crippen LogP) is 4.31. The smallest absolute Gasteiger partial charge is 0.255 e. The first kappa shape index (κ1) is 23.9. The van der Waals surface area contributed by atoms with Crippen molar-refractivity contribution in [2.24, 2.45) is 0 Å². The van der Waals surface area contributed by atoms with Gasteiger partial charge in [0.2, 0.25) is 10.0 Å². The molecule has 0 aliphatic carbocycles. The second-order valence-corrected chi connectivity index (χ2v) is 10.1. The molecule has 0 saturated carbocycles. The van der Waals surface area contributed by atoms with Gasteiger partial charge in [0.25, 0.3) is 11.8 Å². The Labute approximate surface area is 203 Å². The molecule has 1 aliphatic rings. The van der Waals surface area contributed by atoms with E-state index in [1.807, 2.05) is 23.1 Å². The highest BCUT2D eigenvalue weighted by molar-refractivity contribution is 7.89. The number of anilines is 1. The lowest BCUT2D eigenvalue weighted by atomic mass is 10.1. The van der Waals surface area contributed by atoms with Gasteiger partial charge in [-0.25, -0.2) is 13.1 Å². The van der Waals surface area contributed by atoms with E-state index in [0.29, 0.717) is 11.3 Å². The van der Waals surface area contributed by atoms with Crippen LogP contribution in [0.25, 0.3) is 0 Å². The normalized spacial score (nSPS) is 13.6. The van der Waals surface area contributed by atoms with Gasteiger partial charge in [0, 0.05) is 36.4 Å². The number of sulfonamides is 1. The van der Waals surface area contributed by atoms with Crippen molar-refractivity contribution in [3.63, 3.8) is 0 Å². The first-order valence-electron chi connectivity index (χ1n) is 10.9. The molecule has 1 fully saturated rings. The third-order valence-electron chi connectivity index (χ3n) is 5.58. The Hall–Kier alpha value is -3.20. The van der Waals surface area contributed by atoms with Gasteiger partial charge in [-0.3, -0.25) is 9.59 Å². The molecule has 34 heavy (non-hydrogen) atoms. The number of nitrogens with zero attached hydrogens (tertiary/aromatic N) is 1. The maximum absolute atomic E-state index is 12.8. The van der Waals surface area contributed by atoms with Crippen LogP contribution in [0, 0.1) is 0 Å². The van der Waals surface area contributed by atoms with E-state index in [9.17, 15) is 18.0 Å². The number of rotatable bonds is 7. The van der Waals surface area contributed by atoms with Crippen LogP contribution in [0.15, 0.2) is 77.7 Å². The summed E-state index contributed by atoms with van der Waals surface area (Å²) in [4.78, 5) is 26.9. The van der Waals surface area contributed by atoms with Gasteiger partial charge in [-0.1, -0.05) is 41.9 Å². The summed E-state index contributed by atoms with van der Waals surface area (Å²) in [7, 11) is -3.95. The predicted molar refractivity (Wildman–Crippen MR) is 131 cm³/mol. The molecule has 3 aromatic carbocycles. The van der Waals surface area contributed by atoms with Crippen LogP contribution >= 0.6 is 11.6 Å². The molecular formula is C25H24ClN3O4S. The molecule has 2 N–H and O–H groups in total. The average Bonchev–Trinajstić information content (AvgIpc) is 3.39. The highest BCUT2D eigenvalue weighted by atomic mass is 35.5. The van der Waals surface area contributed by atoms with E-state index in [-0.39, 0.29) is 27.9 Å². The molecule has 0 atom stereocenters. The molecule has 0 bridgehead atoms. The minimum Gasteiger partial charge on any atom is -0.339 e. The minimum atomic E-state index is -3.95. The van der Waals surface area contributed by atoms with Crippen LogP contribution in [-0.4, -0.2) is 38.2 Å². The Morgan fingerprint density at radius 1 is 0.882 bits per heavy atom. The first-order chi connectivity index (χ1) is 16.3. The number of amides is 2. The second-order valence-electron chi connectivity index (χ2n) is 7.99. The van der Waals surface area contributed by atoms with Crippen molar-refractivity contribution in [1.29, 1.82) is 0 Å². The van der Waals surface area contributed by atoms with Crippen molar-refractivity contribution in [3.8, 4) is 0 Å². The van der Waals surface area contributed by atoms with Gasteiger partial charge in [-0.05, 0) is 60.9 Å². The molecule has 0 unspecified atom stereocenters. The third-order valence-corrected chi connectivity index (χ3v) is 7.46. The zero-order chi connectivity index (χ0) is 24.1. The maximum Gasteiger partial charge on any atom is 0.255 e. The van der Waals surface area contributed by atoms with E-state index in [1.165, 1.54) is 18.2 Å². The molecule has 3 aromatic rings. The molecule has 1 saturated heterocycles. The molecule has 7 nitrogen and oxygen atoms in total. The van der Waals surface area contributed by atoms with Crippen molar-refractivity contribution in [2.75, 3.05) is 18.4 Å². The third kappa shape index (κ3) is 5.64. The molecule has 1 aliphatic heterocycles. The van der Waals surface area contributed by atoms with Crippen molar-refractivity contribution in [1.82, 2.24) is 9.62 Å². The van der Waals surface area contributed by atoms with Crippen molar-refractivity contribution < 1.29 is 18.0 Å². The number of hydrogen-bond acceptors (Lipinski definition) is 4. The highest BCUT2D eigenvalue weighted by Crippen LogP contribution is 2.24. The van der Waals surface area contributed by atoms with E-state index in [0.717, 1.165) is 31.5 Å². The summed E-state index contributed by atoms with van der Waals surface area (Å²) in [5.74, 6) is -0.513. The van der Waals surface area contributed by atoms with Gasteiger partial charge in [-0.2, -0.15) is 0 Å². The molecule has 1 heterocycles. The second kappa shape index (κ2) is 10.4. The highest BCUT2D eigenvalue weighted by Gasteiger charge is 2.21. The summed E-state index contributed by atoms with van der Waals surface area (Å²) in [5.41, 5.74) is 1.98. The molecule has 9 heteroatoms. The van der Waals surface area contributed by atoms with E-state index in [2.05, 4.69) is 10.0 Å². The minimum absolute atomic E-state index is 0.0156. The summed E-state index contributed by atoms with van der Waals surface area (Å²) in [6.45, 7) is 1.62. The number of hydrogen-bond donors (Lipinski definition) is 2. The molecule has 4 rings (SSSR count). The van der Waals surface area contributed by atoms with Crippen molar-refractivity contribution >= 4 is 39.1 Å². The lowest BCUT2D eigenvalue weighted by molar-refractivity contribution is 0.0792. The molecule has 0 spiro atoms. The van der Waals surface area contributed by atoms with Crippen molar-refractivity contribution in [3.05, 3.63) is 94.5 Å². The number of halogens is 1. The quantitative estimate of drug-likeness (QED) is 0.508. The van der Waals surface area contributed by atoms with E-state index >= 15 is 0 Å². The summed E-state index contributed by atoms with van der Waals surface area (Å²) >= 11 is 6.14. The largest absolute Gasteiger partial charge is 0.339 e. The molecule has 0 aromatic heterocycles. The first-order valence-corrected chi connectivity index (χ1v) is 12.7. The maximum atomic E-state index is 12.8. The van der Waals surface area contributed by atoms with Crippen LogP contribution < -0.4 is 10.0 Å². The van der Waals surface area contributed by atoms with Gasteiger partial charge in [0.15, 0.2) is 0 Å². The fraction of sp³-hybridized carbons (Fsp3) is 0.200. The molecule has 2 amide bonds. The van der Waals surface area contributed by atoms with Crippen LogP contribution in [0.5, 0.6) is 0 Å². The Balaban J connectivity index is 1.45. The Morgan fingerprint density at radius 3 is 2.21 bits per heavy atom. The van der Waals surface area contributed by atoms with Gasteiger partial charge in [0.05, 0.1) is 5.02 Å². The van der Waals surface area contributed by atoms with Crippen LogP contribution in [0.2, 0.25) is 5.02 Å². The van der Waals surface area contributed by atoms with Crippen LogP contribution in [-0.2, 0) is 16.6 Å². The molecule has 0 radical (unpaired) electrons. The van der Waals surface area contributed by atoms with E-state index in [1.54, 1.807) is 36.4 Å². The molecular weight excluding hydrogens is 474 g/mol. The van der Waals surface area contributed by atoms with Gasteiger partial charge in [-0.15, -0.1) is 0 Å². The molecule has 176 valence electrons. The van der Waals surface area contributed by atoms with E-state index in [4.69, 9.17) is 11.6 Å². The Bertz CT molecular complexity index is 1290. The number of carbonyl (C=O) groups excluding carboxylic acids is 2. The Morgan fingerprint density at radius 2 is 1.53 bits per heavy atom. The van der Waals surface area contributed by atoms with E-state index < -0.39 is 15.9 Å². The fourth-order valence-electron chi connectivity index (χ4n) is 3.70. The van der Waals surface area contributed by atoms with Gasteiger partial charge in [0.1, 0.15) is 4.90 Å². The standard InChI is InChI=1S/C25H24ClN3O4S/c26-22-13-10-20(16-23(22)34(32,33)27-17-18-6-2-1-3-7-18)24(30)28-21-11-8-19(9-12-21)25(31)29-14-4-5-15-29/h1-3,6-13,16,27H,4-5,14-15,17H2,(H,28,30). The van der Waals surface area contributed by atoms with Crippen LogP contribution in [0.4, 0.5) is 5.69 Å². The lowest BCUT2D eigenvalue weighted by Crippen LogP contribution is -2.27. The summed E-state index contributed by atoms with van der Waals surface area (Å²) in [6, 6.07) is 19.8. The summed E-state index contributed by atoms with van der Waals surface area (Å²) in [5, 5.41) is 2.74. The number of nitrogens with one attached hydrogen (secondary N) is 2. The monoisotopic (exact) mass is 497 g/mol. The van der Waals surface area contributed by atoms with Gasteiger partial charge < -0.3 is 10.2 Å². The Kier molecular flexibility index (Phi) is 7.31. The fourth-order valence-corrected chi connectivity index (χ4v) is 5.25. The SMILES string of the molecule is O=C(Nc1ccc(C(=O)N2CCCC2)cc1)c1ccc(Cl)c(S(=O)(=O)NCc2ccccc2)c1. The topological polar surface area (TPSA) is 95.6 Å². The average molecular weight is 498 g/mol. The summed E-state index contributed by atoms with van der Waals surface area (Å²) in [6.07, 6.45) is 2.03. The van der Waals surface area contributed by atoms with Crippen LogP contribution in [0.3, 0.4) is 0 Å². The zero-order valence-corrected chi connectivity index (χ0v) is 19.9. The van der Waals surface area contributed by atoms with Crippen molar-refractivity contribution in [2.45, 2.75) is 24.3 Å². The number of carbonyl (C=O) groups is 2. The number of benzene rings is 3.